The number of hydrogen-bond acceptors (Lipinski definition) is 1. The molecular formula is C11H12O. The fourth-order valence-corrected chi connectivity index (χ4v) is 1.40. The second-order valence-corrected chi connectivity index (χ2v) is 3.30. The van der Waals surface area contributed by atoms with E-state index in [0.717, 1.165) is 0 Å². The molecule has 2 atom stereocenters. The first-order valence-corrected chi connectivity index (χ1v) is 4.12. The van der Waals surface area contributed by atoms with Gasteiger partial charge in [0.15, 0.2) is 0 Å². The Morgan fingerprint density at radius 2 is 2.08 bits per heavy atom. The van der Waals surface area contributed by atoms with Crippen LogP contribution in [0.4, 0.5) is 0 Å². The van der Waals surface area contributed by atoms with Crippen molar-refractivity contribution < 1.29 is 4.74 Å². The van der Waals surface area contributed by atoms with Crippen molar-refractivity contribution >= 4 is 0 Å². The zero-order valence-corrected chi connectivity index (χ0v) is 7.16. The molecule has 0 amide bonds. The standard InChI is InChI=1S/C11H12O/c1-3-11(2)10(12-11)9-7-5-4-6-8-9/h3-8,10H,1H2,2H3/t10-,11-/m0/s1. The van der Waals surface area contributed by atoms with Crippen molar-refractivity contribution in [2.75, 3.05) is 0 Å². The molecule has 1 aromatic rings. The van der Waals surface area contributed by atoms with Crippen LogP contribution in [0, 0.1) is 0 Å². The first-order valence-electron chi connectivity index (χ1n) is 4.12. The average Bonchev–Trinajstić information content (AvgIpc) is 2.81. The highest BCUT2D eigenvalue weighted by molar-refractivity contribution is 5.28. The summed E-state index contributed by atoms with van der Waals surface area (Å²) in [7, 11) is 0. The topological polar surface area (TPSA) is 12.5 Å². The Kier molecular flexibility index (Phi) is 1.55. The molecule has 0 saturated carbocycles. The smallest absolute Gasteiger partial charge is 0.116 e. The number of ether oxygens (including phenoxy) is 1. The van der Waals surface area contributed by atoms with E-state index in [1.165, 1.54) is 5.56 Å². The van der Waals surface area contributed by atoms with Crippen LogP contribution < -0.4 is 0 Å². The first kappa shape index (κ1) is 7.56. The molecule has 0 aromatic heterocycles. The zero-order valence-electron chi connectivity index (χ0n) is 7.16. The Hall–Kier alpha value is -1.08. The normalized spacial score (nSPS) is 32.9. The molecule has 1 aliphatic rings. The van der Waals surface area contributed by atoms with Crippen LogP contribution in [0.1, 0.15) is 18.6 Å². The molecule has 1 aromatic carbocycles. The maximum atomic E-state index is 5.52. The molecule has 0 N–H and O–H groups in total. The van der Waals surface area contributed by atoms with Gasteiger partial charge in [-0.05, 0) is 12.5 Å². The Labute approximate surface area is 72.7 Å². The fourth-order valence-electron chi connectivity index (χ4n) is 1.40. The lowest BCUT2D eigenvalue weighted by Gasteiger charge is -1.97. The van der Waals surface area contributed by atoms with Gasteiger partial charge in [0.2, 0.25) is 0 Å². The van der Waals surface area contributed by atoms with Gasteiger partial charge >= 0.3 is 0 Å². The van der Waals surface area contributed by atoms with Gasteiger partial charge < -0.3 is 4.74 Å². The monoisotopic (exact) mass is 160 g/mol. The van der Waals surface area contributed by atoms with Crippen molar-refractivity contribution in [2.45, 2.75) is 18.6 Å². The van der Waals surface area contributed by atoms with Crippen LogP contribution in [0.15, 0.2) is 43.0 Å². The van der Waals surface area contributed by atoms with E-state index in [9.17, 15) is 0 Å². The summed E-state index contributed by atoms with van der Waals surface area (Å²) in [6.07, 6.45) is 2.08. The maximum absolute atomic E-state index is 5.52. The van der Waals surface area contributed by atoms with E-state index in [1.54, 1.807) is 0 Å². The van der Waals surface area contributed by atoms with E-state index in [-0.39, 0.29) is 11.7 Å². The molecule has 1 fully saturated rings. The molecule has 1 heteroatoms. The van der Waals surface area contributed by atoms with E-state index in [4.69, 9.17) is 4.74 Å². The fraction of sp³-hybridized carbons (Fsp3) is 0.273. The largest absolute Gasteiger partial charge is 0.357 e. The van der Waals surface area contributed by atoms with Crippen LogP contribution in [0.5, 0.6) is 0 Å². The van der Waals surface area contributed by atoms with Gasteiger partial charge in [0.25, 0.3) is 0 Å². The van der Waals surface area contributed by atoms with Gasteiger partial charge in [-0.1, -0.05) is 36.4 Å². The van der Waals surface area contributed by atoms with Gasteiger partial charge in [-0.2, -0.15) is 0 Å². The maximum Gasteiger partial charge on any atom is 0.116 e. The lowest BCUT2D eigenvalue weighted by molar-refractivity contribution is 0.345. The molecule has 0 aliphatic carbocycles. The Balaban J connectivity index is 2.21. The average molecular weight is 160 g/mol. The van der Waals surface area contributed by atoms with Gasteiger partial charge in [-0.25, -0.2) is 0 Å². The predicted molar refractivity (Wildman–Crippen MR) is 48.9 cm³/mol. The van der Waals surface area contributed by atoms with Crippen LogP contribution in [0.2, 0.25) is 0 Å². The summed E-state index contributed by atoms with van der Waals surface area (Å²) >= 11 is 0. The minimum Gasteiger partial charge on any atom is -0.357 e. The molecule has 0 unspecified atom stereocenters. The summed E-state index contributed by atoms with van der Waals surface area (Å²) in [5.74, 6) is 0. The second kappa shape index (κ2) is 2.46. The van der Waals surface area contributed by atoms with Crippen molar-refractivity contribution in [2.24, 2.45) is 0 Å². The lowest BCUT2D eigenvalue weighted by atomic mass is 10.0. The van der Waals surface area contributed by atoms with Crippen molar-refractivity contribution in [3.05, 3.63) is 48.6 Å². The third-order valence-electron chi connectivity index (χ3n) is 2.34. The van der Waals surface area contributed by atoms with E-state index in [0.29, 0.717) is 0 Å². The Morgan fingerprint density at radius 1 is 1.42 bits per heavy atom. The highest BCUT2D eigenvalue weighted by Crippen LogP contribution is 2.49. The number of epoxide rings is 1. The highest BCUT2D eigenvalue weighted by Gasteiger charge is 2.50. The van der Waals surface area contributed by atoms with Gasteiger partial charge in [-0.15, -0.1) is 6.58 Å². The van der Waals surface area contributed by atoms with Gasteiger partial charge in [0.05, 0.1) is 0 Å². The SMILES string of the molecule is C=C[C@]1(C)O[C@H]1c1ccccc1. The lowest BCUT2D eigenvalue weighted by Crippen LogP contribution is -1.99. The summed E-state index contributed by atoms with van der Waals surface area (Å²) < 4.78 is 5.52. The molecular weight excluding hydrogens is 148 g/mol. The van der Waals surface area contributed by atoms with Crippen molar-refractivity contribution in [1.29, 1.82) is 0 Å². The van der Waals surface area contributed by atoms with Gasteiger partial charge in [0.1, 0.15) is 11.7 Å². The third-order valence-corrected chi connectivity index (χ3v) is 2.34. The molecule has 2 rings (SSSR count). The minimum atomic E-state index is -0.124. The van der Waals surface area contributed by atoms with Gasteiger partial charge in [0, 0.05) is 0 Å². The highest BCUT2D eigenvalue weighted by atomic mass is 16.6. The number of hydrogen-bond donors (Lipinski definition) is 0. The van der Waals surface area contributed by atoms with Crippen LogP contribution in [-0.2, 0) is 4.74 Å². The molecule has 1 aliphatic heterocycles. The van der Waals surface area contributed by atoms with E-state index >= 15 is 0 Å². The summed E-state index contributed by atoms with van der Waals surface area (Å²) in [6.45, 7) is 5.80. The predicted octanol–water partition coefficient (Wildman–Crippen LogP) is 2.70. The molecule has 1 nitrogen and oxygen atoms in total. The first-order chi connectivity index (χ1) is 5.76. The van der Waals surface area contributed by atoms with Crippen molar-refractivity contribution in [1.82, 2.24) is 0 Å². The molecule has 1 heterocycles. The number of benzene rings is 1. The van der Waals surface area contributed by atoms with E-state index in [1.807, 2.05) is 24.3 Å². The summed E-state index contributed by atoms with van der Waals surface area (Å²) in [5.41, 5.74) is 1.11. The van der Waals surface area contributed by atoms with Crippen LogP contribution in [0.3, 0.4) is 0 Å². The Bertz CT molecular complexity index is 291. The Morgan fingerprint density at radius 3 is 2.58 bits per heavy atom. The van der Waals surface area contributed by atoms with Crippen molar-refractivity contribution in [3.8, 4) is 0 Å². The second-order valence-electron chi connectivity index (χ2n) is 3.30. The van der Waals surface area contributed by atoms with Crippen LogP contribution >= 0.6 is 0 Å². The molecule has 0 bridgehead atoms. The molecule has 62 valence electrons. The molecule has 0 radical (unpaired) electrons. The number of rotatable bonds is 2. The van der Waals surface area contributed by atoms with Crippen LogP contribution in [-0.4, -0.2) is 5.60 Å². The van der Waals surface area contributed by atoms with Crippen molar-refractivity contribution in [3.63, 3.8) is 0 Å². The van der Waals surface area contributed by atoms with E-state index < -0.39 is 0 Å². The zero-order chi connectivity index (χ0) is 8.60. The van der Waals surface area contributed by atoms with E-state index in [2.05, 4.69) is 25.6 Å². The molecule has 1 saturated heterocycles. The quantitative estimate of drug-likeness (QED) is 0.478. The summed E-state index contributed by atoms with van der Waals surface area (Å²) in [5, 5.41) is 0. The van der Waals surface area contributed by atoms with Crippen LogP contribution in [0.25, 0.3) is 0 Å². The van der Waals surface area contributed by atoms with Gasteiger partial charge in [-0.3, -0.25) is 0 Å². The molecule has 0 spiro atoms. The summed E-state index contributed by atoms with van der Waals surface area (Å²) in [6, 6.07) is 10.2. The summed E-state index contributed by atoms with van der Waals surface area (Å²) in [4.78, 5) is 0. The third kappa shape index (κ3) is 1.07. The minimum absolute atomic E-state index is 0.124. The molecule has 12 heavy (non-hydrogen) atoms.